The second-order valence-corrected chi connectivity index (χ2v) is 4.40. The number of methoxy groups -OCH3 is 1. The Morgan fingerprint density at radius 3 is 2.67 bits per heavy atom. The summed E-state index contributed by atoms with van der Waals surface area (Å²) in [6.07, 6.45) is 0. The van der Waals surface area contributed by atoms with Crippen LogP contribution in [0.1, 0.15) is 21.6 Å². The first-order chi connectivity index (χ1) is 9.97. The highest BCUT2D eigenvalue weighted by Crippen LogP contribution is 2.28. The molecule has 0 unspecified atom stereocenters. The number of nitrogens with zero attached hydrogens (tertiary/aromatic N) is 1. The van der Waals surface area contributed by atoms with Gasteiger partial charge in [-0.15, -0.1) is 0 Å². The second-order valence-electron chi connectivity index (χ2n) is 4.40. The quantitative estimate of drug-likeness (QED) is 0.896. The zero-order valence-corrected chi connectivity index (χ0v) is 11.4. The lowest BCUT2D eigenvalue weighted by atomic mass is 9.99. The van der Waals surface area contributed by atoms with E-state index >= 15 is 0 Å². The summed E-state index contributed by atoms with van der Waals surface area (Å²) in [6.45, 7) is 1.70. The van der Waals surface area contributed by atoms with Gasteiger partial charge in [-0.05, 0) is 30.7 Å². The van der Waals surface area contributed by atoms with Gasteiger partial charge in [0.05, 0.1) is 7.11 Å². The molecule has 0 atom stereocenters. The molecule has 1 aromatic heterocycles. The van der Waals surface area contributed by atoms with Crippen LogP contribution in [0.3, 0.4) is 0 Å². The number of aromatic amines is 1. The van der Waals surface area contributed by atoms with E-state index in [9.17, 15) is 9.59 Å². The van der Waals surface area contributed by atoms with Crippen LogP contribution >= 0.6 is 0 Å². The molecule has 2 aromatic rings. The first kappa shape index (κ1) is 14.3. The average molecular weight is 284 g/mol. The number of hydrogen-bond acceptors (Lipinski definition) is 4. The zero-order valence-electron chi connectivity index (χ0n) is 11.4. The molecule has 0 aliphatic carbocycles. The van der Waals surface area contributed by atoms with E-state index in [2.05, 4.69) is 4.98 Å². The van der Waals surface area contributed by atoms with E-state index in [4.69, 9.17) is 15.1 Å². The predicted molar refractivity (Wildman–Crippen MR) is 75.5 cm³/mol. The Kier molecular flexibility index (Phi) is 3.76. The highest BCUT2D eigenvalue weighted by Gasteiger charge is 2.15. The van der Waals surface area contributed by atoms with E-state index in [1.165, 1.54) is 19.2 Å². The summed E-state index contributed by atoms with van der Waals surface area (Å²) in [7, 11) is 1.36. The van der Waals surface area contributed by atoms with Gasteiger partial charge in [-0.1, -0.05) is 6.07 Å². The summed E-state index contributed by atoms with van der Waals surface area (Å²) >= 11 is 0. The Balaban J connectivity index is 2.72. The lowest BCUT2D eigenvalue weighted by molar-refractivity contribution is 0.0693. The van der Waals surface area contributed by atoms with Crippen molar-refractivity contribution in [1.29, 1.82) is 5.26 Å². The number of carbonyl (C=O) groups is 1. The van der Waals surface area contributed by atoms with Gasteiger partial charge in [0.15, 0.2) is 0 Å². The molecule has 1 heterocycles. The standard InChI is InChI=1S/C15H12N2O4/c1-8-5-11(12(7-16)14(18)17-8)9-3-4-10(15(19)20)13(6-9)21-2/h3-6H,1-2H3,(H,17,18)(H,19,20). The molecule has 2 N–H and O–H groups in total. The fourth-order valence-electron chi connectivity index (χ4n) is 2.06. The highest BCUT2D eigenvalue weighted by atomic mass is 16.5. The molecule has 6 heteroatoms. The van der Waals surface area contributed by atoms with Crippen LogP contribution in [-0.2, 0) is 0 Å². The summed E-state index contributed by atoms with van der Waals surface area (Å²) in [5.41, 5.74) is 1.10. The van der Waals surface area contributed by atoms with Crippen molar-refractivity contribution in [3.8, 4) is 22.9 Å². The van der Waals surface area contributed by atoms with Crippen molar-refractivity contribution in [2.24, 2.45) is 0 Å². The molecule has 0 saturated heterocycles. The number of carboxylic acids is 1. The number of aromatic nitrogens is 1. The zero-order chi connectivity index (χ0) is 15.6. The molecule has 106 valence electrons. The van der Waals surface area contributed by atoms with Crippen molar-refractivity contribution in [2.45, 2.75) is 6.92 Å². The van der Waals surface area contributed by atoms with Crippen molar-refractivity contribution in [2.75, 3.05) is 7.11 Å². The van der Waals surface area contributed by atoms with Crippen molar-refractivity contribution >= 4 is 5.97 Å². The van der Waals surface area contributed by atoms with Crippen LogP contribution in [0, 0.1) is 18.3 Å². The lowest BCUT2D eigenvalue weighted by Gasteiger charge is -2.09. The Hall–Kier alpha value is -3.07. The topological polar surface area (TPSA) is 103 Å². The minimum absolute atomic E-state index is 0.0151. The predicted octanol–water partition coefficient (Wildman–Crippen LogP) is 1.93. The van der Waals surface area contributed by atoms with Gasteiger partial charge in [-0.3, -0.25) is 4.79 Å². The third-order valence-electron chi connectivity index (χ3n) is 3.02. The normalized spacial score (nSPS) is 9.95. The molecule has 2 rings (SSSR count). The third kappa shape index (κ3) is 2.62. The van der Waals surface area contributed by atoms with Gasteiger partial charge in [0.2, 0.25) is 0 Å². The lowest BCUT2D eigenvalue weighted by Crippen LogP contribution is -2.12. The Bertz CT molecular complexity index is 815. The van der Waals surface area contributed by atoms with Crippen LogP contribution < -0.4 is 10.3 Å². The van der Waals surface area contributed by atoms with E-state index in [1.54, 1.807) is 19.1 Å². The van der Waals surface area contributed by atoms with Gasteiger partial charge in [-0.25, -0.2) is 4.79 Å². The summed E-state index contributed by atoms with van der Waals surface area (Å²) < 4.78 is 5.05. The molecule has 0 spiro atoms. The molecular weight excluding hydrogens is 272 g/mol. The SMILES string of the molecule is COc1cc(-c2cc(C)[nH]c(=O)c2C#N)ccc1C(=O)O. The molecular formula is C15H12N2O4. The first-order valence-electron chi connectivity index (χ1n) is 6.03. The average Bonchev–Trinajstić information content (AvgIpc) is 2.45. The first-order valence-corrected chi connectivity index (χ1v) is 6.03. The number of aryl methyl sites for hydroxylation is 1. The Labute approximate surface area is 120 Å². The molecule has 0 radical (unpaired) electrons. The minimum Gasteiger partial charge on any atom is -0.496 e. The summed E-state index contributed by atoms with van der Waals surface area (Å²) in [4.78, 5) is 25.4. The highest BCUT2D eigenvalue weighted by molar-refractivity contribution is 5.92. The maximum absolute atomic E-state index is 11.8. The van der Waals surface area contributed by atoms with Crippen LogP contribution in [0.5, 0.6) is 5.75 Å². The number of nitrogens with one attached hydrogen (secondary N) is 1. The largest absolute Gasteiger partial charge is 0.496 e. The van der Waals surface area contributed by atoms with Crippen molar-refractivity contribution in [1.82, 2.24) is 4.98 Å². The smallest absolute Gasteiger partial charge is 0.339 e. The van der Waals surface area contributed by atoms with Gasteiger partial charge < -0.3 is 14.8 Å². The fraction of sp³-hybridized carbons (Fsp3) is 0.133. The van der Waals surface area contributed by atoms with E-state index < -0.39 is 11.5 Å². The molecule has 0 fully saturated rings. The fourth-order valence-corrected chi connectivity index (χ4v) is 2.06. The van der Waals surface area contributed by atoms with Crippen LogP contribution in [0.15, 0.2) is 29.1 Å². The monoisotopic (exact) mass is 284 g/mol. The van der Waals surface area contributed by atoms with E-state index in [0.717, 1.165) is 0 Å². The number of pyridine rings is 1. The Morgan fingerprint density at radius 2 is 2.10 bits per heavy atom. The van der Waals surface area contributed by atoms with Gasteiger partial charge in [0.1, 0.15) is 22.9 Å². The molecule has 0 bridgehead atoms. The van der Waals surface area contributed by atoms with E-state index in [0.29, 0.717) is 16.8 Å². The number of aromatic carboxylic acids is 1. The van der Waals surface area contributed by atoms with Crippen LogP contribution in [0.2, 0.25) is 0 Å². The molecule has 21 heavy (non-hydrogen) atoms. The second kappa shape index (κ2) is 5.51. The maximum atomic E-state index is 11.8. The molecule has 6 nitrogen and oxygen atoms in total. The van der Waals surface area contributed by atoms with Gasteiger partial charge in [0.25, 0.3) is 5.56 Å². The van der Waals surface area contributed by atoms with E-state index in [-0.39, 0.29) is 16.9 Å². The number of benzene rings is 1. The molecule has 0 aliphatic rings. The molecule has 0 saturated carbocycles. The van der Waals surface area contributed by atoms with Crippen molar-refractivity contribution in [3.63, 3.8) is 0 Å². The third-order valence-corrected chi connectivity index (χ3v) is 3.02. The van der Waals surface area contributed by atoms with E-state index in [1.807, 2.05) is 6.07 Å². The van der Waals surface area contributed by atoms with Crippen molar-refractivity contribution in [3.05, 3.63) is 51.4 Å². The number of H-pyrrole nitrogens is 1. The van der Waals surface area contributed by atoms with Crippen LogP contribution in [0.4, 0.5) is 0 Å². The molecule has 0 amide bonds. The minimum atomic E-state index is -1.11. The maximum Gasteiger partial charge on any atom is 0.339 e. The van der Waals surface area contributed by atoms with Crippen LogP contribution in [-0.4, -0.2) is 23.2 Å². The number of rotatable bonds is 3. The molecule has 1 aromatic carbocycles. The molecule has 0 aliphatic heterocycles. The van der Waals surface area contributed by atoms with Gasteiger partial charge in [0, 0.05) is 11.3 Å². The summed E-state index contributed by atoms with van der Waals surface area (Å²) in [5, 5.41) is 18.2. The Morgan fingerprint density at radius 1 is 1.38 bits per heavy atom. The summed E-state index contributed by atoms with van der Waals surface area (Å²) in [6, 6.07) is 7.95. The van der Waals surface area contributed by atoms with Crippen LogP contribution in [0.25, 0.3) is 11.1 Å². The summed E-state index contributed by atoms with van der Waals surface area (Å²) in [5.74, 6) is -0.942. The number of ether oxygens (including phenoxy) is 1. The number of nitriles is 1. The van der Waals surface area contributed by atoms with Gasteiger partial charge in [-0.2, -0.15) is 5.26 Å². The van der Waals surface area contributed by atoms with Gasteiger partial charge >= 0.3 is 5.97 Å². The number of hydrogen-bond donors (Lipinski definition) is 2. The number of carboxylic acid groups (broad SMARTS) is 1. The van der Waals surface area contributed by atoms with Crippen molar-refractivity contribution < 1.29 is 14.6 Å².